The number of carbonyl (C=O) groups is 1. The molecule has 3 aromatic rings. The molecule has 0 unspecified atom stereocenters. The van der Waals surface area contributed by atoms with E-state index in [0.29, 0.717) is 23.1 Å². The van der Waals surface area contributed by atoms with Gasteiger partial charge in [0, 0.05) is 7.05 Å². The maximum atomic E-state index is 11.2. The van der Waals surface area contributed by atoms with Crippen LogP contribution in [0.25, 0.3) is 17.4 Å². The highest BCUT2D eigenvalue weighted by molar-refractivity contribution is 5.88. The standard InChI is InChI=1S/C11H10N4O3/c1-6-8(10(16)17)15-11(12-6)14(2)9(13-15)7-4-3-5-18-7/h3-5H,1-2H3,(H,16,17). The summed E-state index contributed by atoms with van der Waals surface area (Å²) in [4.78, 5) is 15.4. The number of carboxylic acids is 1. The van der Waals surface area contributed by atoms with E-state index in [-0.39, 0.29) is 5.69 Å². The van der Waals surface area contributed by atoms with E-state index in [0.717, 1.165) is 0 Å². The Balaban J connectivity index is 2.33. The Morgan fingerprint density at radius 1 is 1.50 bits per heavy atom. The van der Waals surface area contributed by atoms with E-state index in [2.05, 4.69) is 10.1 Å². The molecule has 0 spiro atoms. The quantitative estimate of drug-likeness (QED) is 0.737. The summed E-state index contributed by atoms with van der Waals surface area (Å²) in [5.74, 6) is 0.516. The van der Waals surface area contributed by atoms with Crippen LogP contribution >= 0.6 is 0 Å². The second-order valence-corrected chi connectivity index (χ2v) is 3.92. The van der Waals surface area contributed by atoms with Gasteiger partial charge in [0.1, 0.15) is 0 Å². The zero-order valence-corrected chi connectivity index (χ0v) is 9.78. The van der Waals surface area contributed by atoms with Gasteiger partial charge in [0.15, 0.2) is 17.3 Å². The van der Waals surface area contributed by atoms with Crippen molar-refractivity contribution in [3.8, 4) is 11.6 Å². The van der Waals surface area contributed by atoms with Gasteiger partial charge in [0.2, 0.25) is 5.78 Å². The van der Waals surface area contributed by atoms with Crippen LogP contribution < -0.4 is 0 Å². The van der Waals surface area contributed by atoms with Gasteiger partial charge >= 0.3 is 5.97 Å². The van der Waals surface area contributed by atoms with Crippen LogP contribution in [0.2, 0.25) is 0 Å². The summed E-state index contributed by atoms with van der Waals surface area (Å²) < 4.78 is 8.27. The van der Waals surface area contributed by atoms with Crippen molar-refractivity contribution in [2.24, 2.45) is 7.05 Å². The summed E-state index contributed by atoms with van der Waals surface area (Å²) in [6, 6.07) is 3.51. The highest BCUT2D eigenvalue weighted by Crippen LogP contribution is 2.21. The van der Waals surface area contributed by atoms with Crippen LogP contribution in [-0.4, -0.2) is 30.2 Å². The summed E-state index contributed by atoms with van der Waals surface area (Å²) in [6.07, 6.45) is 1.54. The number of imidazole rings is 1. The van der Waals surface area contributed by atoms with Crippen LogP contribution in [0.15, 0.2) is 22.8 Å². The minimum Gasteiger partial charge on any atom is -0.476 e. The lowest BCUT2D eigenvalue weighted by molar-refractivity contribution is 0.0687. The Morgan fingerprint density at radius 2 is 2.28 bits per heavy atom. The van der Waals surface area contributed by atoms with Crippen molar-refractivity contribution in [2.75, 3.05) is 0 Å². The minimum atomic E-state index is -1.05. The Labute approximate surface area is 101 Å². The fourth-order valence-electron chi connectivity index (χ4n) is 1.94. The molecule has 0 bridgehead atoms. The van der Waals surface area contributed by atoms with Crippen molar-refractivity contribution in [1.82, 2.24) is 19.2 Å². The summed E-state index contributed by atoms with van der Waals surface area (Å²) >= 11 is 0. The molecule has 0 aliphatic rings. The van der Waals surface area contributed by atoms with E-state index in [9.17, 15) is 4.79 Å². The SMILES string of the molecule is Cc1nc2n(C)c(-c3ccco3)nn2c1C(=O)O. The number of rotatable bonds is 2. The maximum absolute atomic E-state index is 11.2. The number of aromatic carboxylic acids is 1. The Kier molecular flexibility index (Phi) is 2.03. The number of nitrogens with zero attached hydrogens (tertiary/aromatic N) is 4. The molecule has 3 aromatic heterocycles. The highest BCUT2D eigenvalue weighted by atomic mass is 16.4. The first-order chi connectivity index (χ1) is 8.59. The van der Waals surface area contributed by atoms with Gasteiger partial charge in [0.25, 0.3) is 0 Å². The number of hydrogen-bond donors (Lipinski definition) is 1. The molecule has 7 nitrogen and oxygen atoms in total. The summed E-state index contributed by atoms with van der Waals surface area (Å²) in [6.45, 7) is 1.64. The molecule has 0 aliphatic carbocycles. The summed E-state index contributed by atoms with van der Waals surface area (Å²) in [7, 11) is 1.76. The van der Waals surface area contributed by atoms with E-state index in [1.54, 1.807) is 30.7 Å². The van der Waals surface area contributed by atoms with Crippen molar-refractivity contribution in [1.29, 1.82) is 0 Å². The molecular weight excluding hydrogens is 236 g/mol. The lowest BCUT2D eigenvalue weighted by Gasteiger charge is -1.95. The van der Waals surface area contributed by atoms with E-state index in [4.69, 9.17) is 9.52 Å². The van der Waals surface area contributed by atoms with Crippen molar-refractivity contribution in [2.45, 2.75) is 6.92 Å². The van der Waals surface area contributed by atoms with Crippen LogP contribution in [-0.2, 0) is 7.05 Å². The minimum absolute atomic E-state index is 0.0680. The van der Waals surface area contributed by atoms with E-state index in [1.807, 2.05) is 0 Å². The van der Waals surface area contributed by atoms with Crippen LogP contribution in [0.5, 0.6) is 0 Å². The molecule has 0 aliphatic heterocycles. The monoisotopic (exact) mass is 246 g/mol. The zero-order chi connectivity index (χ0) is 12.9. The molecule has 0 radical (unpaired) electrons. The third-order valence-electron chi connectivity index (χ3n) is 2.77. The molecule has 0 aromatic carbocycles. The molecule has 18 heavy (non-hydrogen) atoms. The van der Waals surface area contributed by atoms with E-state index < -0.39 is 5.97 Å². The van der Waals surface area contributed by atoms with Crippen LogP contribution in [0.4, 0.5) is 0 Å². The van der Waals surface area contributed by atoms with Crippen molar-refractivity contribution in [3.05, 3.63) is 29.8 Å². The maximum Gasteiger partial charge on any atom is 0.356 e. The molecule has 0 amide bonds. The average Bonchev–Trinajstić information content (AvgIpc) is 2.96. The zero-order valence-electron chi connectivity index (χ0n) is 9.78. The molecule has 0 saturated heterocycles. The summed E-state index contributed by atoms with van der Waals surface area (Å²) in [5.41, 5.74) is 0.505. The van der Waals surface area contributed by atoms with Crippen LogP contribution in [0, 0.1) is 6.92 Å². The Morgan fingerprint density at radius 3 is 2.89 bits per heavy atom. The molecule has 1 N–H and O–H groups in total. The number of carboxylic acid groups (broad SMARTS) is 1. The van der Waals surface area contributed by atoms with E-state index >= 15 is 0 Å². The first-order valence-electron chi connectivity index (χ1n) is 5.29. The Hall–Kier alpha value is -2.57. The molecule has 92 valence electrons. The Bertz CT molecular complexity index is 736. The van der Waals surface area contributed by atoms with Gasteiger partial charge in [-0.3, -0.25) is 4.57 Å². The number of fused-ring (bicyclic) bond motifs is 1. The van der Waals surface area contributed by atoms with Gasteiger partial charge in [-0.1, -0.05) is 0 Å². The summed E-state index contributed by atoms with van der Waals surface area (Å²) in [5, 5.41) is 13.4. The second kappa shape index (κ2) is 3.46. The number of aryl methyl sites for hydroxylation is 2. The molecule has 0 atom stereocenters. The molecule has 3 rings (SSSR count). The lowest BCUT2D eigenvalue weighted by Crippen LogP contribution is -2.04. The third-order valence-corrected chi connectivity index (χ3v) is 2.77. The second-order valence-electron chi connectivity index (χ2n) is 3.92. The topological polar surface area (TPSA) is 85.6 Å². The van der Waals surface area contributed by atoms with Crippen molar-refractivity contribution >= 4 is 11.7 Å². The van der Waals surface area contributed by atoms with Gasteiger partial charge in [-0.05, 0) is 19.1 Å². The fraction of sp³-hybridized carbons (Fsp3) is 0.182. The lowest BCUT2D eigenvalue weighted by atomic mass is 10.3. The predicted molar refractivity (Wildman–Crippen MR) is 61.4 cm³/mol. The van der Waals surface area contributed by atoms with Crippen LogP contribution in [0.1, 0.15) is 16.2 Å². The van der Waals surface area contributed by atoms with Gasteiger partial charge in [-0.2, -0.15) is 4.52 Å². The first kappa shape index (κ1) is 10.6. The molecule has 3 heterocycles. The first-order valence-corrected chi connectivity index (χ1v) is 5.29. The van der Waals surface area contributed by atoms with Gasteiger partial charge in [0.05, 0.1) is 12.0 Å². The van der Waals surface area contributed by atoms with Gasteiger partial charge < -0.3 is 9.52 Å². The smallest absolute Gasteiger partial charge is 0.356 e. The predicted octanol–water partition coefficient (Wildman–Crippen LogP) is 1.33. The largest absolute Gasteiger partial charge is 0.476 e. The molecular formula is C11H10N4O3. The van der Waals surface area contributed by atoms with Crippen molar-refractivity contribution in [3.63, 3.8) is 0 Å². The number of furan rings is 1. The third kappa shape index (κ3) is 1.27. The highest BCUT2D eigenvalue weighted by Gasteiger charge is 2.22. The fourth-order valence-corrected chi connectivity index (χ4v) is 1.94. The van der Waals surface area contributed by atoms with Gasteiger partial charge in [-0.25, -0.2) is 9.78 Å². The molecule has 0 fully saturated rings. The van der Waals surface area contributed by atoms with Gasteiger partial charge in [-0.15, -0.1) is 5.10 Å². The number of aromatic nitrogens is 4. The van der Waals surface area contributed by atoms with Crippen LogP contribution in [0.3, 0.4) is 0 Å². The number of hydrogen-bond acceptors (Lipinski definition) is 4. The van der Waals surface area contributed by atoms with E-state index in [1.165, 1.54) is 10.8 Å². The molecule has 0 saturated carbocycles. The molecule has 7 heteroatoms. The average molecular weight is 246 g/mol. The normalized spacial score (nSPS) is 11.2. The van der Waals surface area contributed by atoms with Crippen molar-refractivity contribution < 1.29 is 14.3 Å².